The molecule has 21 heavy (non-hydrogen) atoms. The molecule has 1 aromatic carbocycles. The second kappa shape index (κ2) is 6.28. The zero-order valence-corrected chi connectivity index (χ0v) is 13.5. The third kappa shape index (κ3) is 3.28. The number of halogens is 1. The Morgan fingerprint density at radius 1 is 1.10 bits per heavy atom. The highest BCUT2D eigenvalue weighted by Gasteiger charge is 2.38. The van der Waals surface area contributed by atoms with Crippen molar-refractivity contribution in [3.8, 4) is 0 Å². The zero-order chi connectivity index (χ0) is 13.5. The molecule has 2 saturated carbocycles. The quantitative estimate of drug-likeness (QED) is 0.925. The molecule has 0 bridgehead atoms. The summed E-state index contributed by atoms with van der Waals surface area (Å²) in [6.07, 6.45) is 6.77. The molecule has 3 aliphatic rings. The molecule has 0 radical (unpaired) electrons. The van der Waals surface area contributed by atoms with E-state index in [1.54, 1.807) is 5.56 Å². The fourth-order valence-corrected chi connectivity index (χ4v) is 4.36. The summed E-state index contributed by atoms with van der Waals surface area (Å²) in [6.45, 7) is 3.62. The number of nitrogens with two attached hydrogens (primary N) is 1. The molecular weight excluding hydrogens is 280 g/mol. The molecule has 3 fully saturated rings. The van der Waals surface area contributed by atoms with E-state index in [0.717, 1.165) is 24.3 Å². The third-order valence-corrected chi connectivity index (χ3v) is 5.64. The summed E-state index contributed by atoms with van der Waals surface area (Å²) < 4.78 is 0. The van der Waals surface area contributed by atoms with Crippen LogP contribution in [0.25, 0.3) is 0 Å². The van der Waals surface area contributed by atoms with Crippen LogP contribution in [0.3, 0.4) is 0 Å². The second-order valence-electron chi connectivity index (χ2n) is 7.23. The molecule has 1 aliphatic heterocycles. The lowest BCUT2D eigenvalue weighted by Gasteiger charge is -2.29. The molecular formula is C18H27ClN2. The van der Waals surface area contributed by atoms with Crippen LogP contribution in [-0.2, 0) is 6.54 Å². The Morgan fingerprint density at radius 2 is 1.95 bits per heavy atom. The summed E-state index contributed by atoms with van der Waals surface area (Å²) in [5.41, 5.74) is 9.39. The first kappa shape index (κ1) is 15.3. The SMILES string of the molecule is Cl.NC1CCCC2CN(Cc3cccc(C4CC4)c3)CC12. The van der Waals surface area contributed by atoms with Crippen molar-refractivity contribution >= 4 is 12.4 Å². The minimum Gasteiger partial charge on any atom is -0.327 e. The van der Waals surface area contributed by atoms with Gasteiger partial charge in [0.2, 0.25) is 0 Å². The number of hydrogen-bond donors (Lipinski definition) is 1. The normalized spacial score (nSPS) is 32.5. The molecule has 4 rings (SSSR count). The van der Waals surface area contributed by atoms with Crippen molar-refractivity contribution in [2.45, 2.75) is 50.6 Å². The van der Waals surface area contributed by atoms with Gasteiger partial charge in [-0.2, -0.15) is 0 Å². The summed E-state index contributed by atoms with van der Waals surface area (Å²) in [5.74, 6) is 2.49. The first-order valence-electron chi connectivity index (χ1n) is 8.36. The van der Waals surface area contributed by atoms with E-state index in [4.69, 9.17) is 5.73 Å². The monoisotopic (exact) mass is 306 g/mol. The summed E-state index contributed by atoms with van der Waals surface area (Å²) in [6, 6.07) is 9.75. The minimum atomic E-state index is 0. The fraction of sp³-hybridized carbons (Fsp3) is 0.667. The first-order chi connectivity index (χ1) is 9.79. The van der Waals surface area contributed by atoms with Gasteiger partial charge in [-0.3, -0.25) is 4.90 Å². The maximum absolute atomic E-state index is 6.32. The topological polar surface area (TPSA) is 29.3 Å². The molecule has 2 N–H and O–H groups in total. The molecule has 3 atom stereocenters. The lowest BCUT2D eigenvalue weighted by molar-refractivity contribution is 0.259. The van der Waals surface area contributed by atoms with Crippen molar-refractivity contribution in [1.82, 2.24) is 4.90 Å². The first-order valence-corrected chi connectivity index (χ1v) is 8.36. The van der Waals surface area contributed by atoms with Gasteiger partial charge < -0.3 is 5.73 Å². The van der Waals surface area contributed by atoms with E-state index in [2.05, 4.69) is 29.2 Å². The predicted octanol–water partition coefficient (Wildman–Crippen LogP) is 3.55. The molecule has 0 amide bonds. The van der Waals surface area contributed by atoms with Crippen molar-refractivity contribution in [2.24, 2.45) is 17.6 Å². The van der Waals surface area contributed by atoms with Crippen LogP contribution in [0.5, 0.6) is 0 Å². The maximum Gasteiger partial charge on any atom is 0.0234 e. The average molecular weight is 307 g/mol. The van der Waals surface area contributed by atoms with E-state index >= 15 is 0 Å². The number of hydrogen-bond acceptors (Lipinski definition) is 2. The van der Waals surface area contributed by atoms with Gasteiger partial charge in [-0.05, 0) is 54.6 Å². The Labute approximate surface area is 134 Å². The van der Waals surface area contributed by atoms with Crippen molar-refractivity contribution in [3.63, 3.8) is 0 Å². The number of fused-ring (bicyclic) bond motifs is 1. The molecule has 2 nitrogen and oxygen atoms in total. The van der Waals surface area contributed by atoms with E-state index in [9.17, 15) is 0 Å². The van der Waals surface area contributed by atoms with Gasteiger partial charge in [-0.1, -0.05) is 30.7 Å². The highest BCUT2D eigenvalue weighted by atomic mass is 35.5. The van der Waals surface area contributed by atoms with Gasteiger partial charge in [-0.25, -0.2) is 0 Å². The Hall–Kier alpha value is -0.570. The number of nitrogens with zero attached hydrogens (tertiary/aromatic N) is 1. The van der Waals surface area contributed by atoms with Crippen molar-refractivity contribution < 1.29 is 0 Å². The summed E-state index contributed by atoms with van der Waals surface area (Å²) in [7, 11) is 0. The van der Waals surface area contributed by atoms with Crippen LogP contribution in [0, 0.1) is 11.8 Å². The minimum absolute atomic E-state index is 0. The summed E-state index contributed by atoms with van der Waals surface area (Å²) >= 11 is 0. The van der Waals surface area contributed by atoms with Gasteiger partial charge in [0.25, 0.3) is 0 Å². The lowest BCUT2D eigenvalue weighted by Crippen LogP contribution is -2.38. The van der Waals surface area contributed by atoms with E-state index in [1.165, 1.54) is 50.8 Å². The van der Waals surface area contributed by atoms with Crippen LogP contribution in [-0.4, -0.2) is 24.0 Å². The van der Waals surface area contributed by atoms with E-state index < -0.39 is 0 Å². The van der Waals surface area contributed by atoms with Crippen LogP contribution >= 0.6 is 12.4 Å². The third-order valence-electron chi connectivity index (χ3n) is 5.64. The smallest absolute Gasteiger partial charge is 0.0234 e. The van der Waals surface area contributed by atoms with E-state index in [1.807, 2.05) is 0 Å². The Bertz CT molecular complexity index is 486. The highest BCUT2D eigenvalue weighted by Crippen LogP contribution is 2.40. The molecule has 3 unspecified atom stereocenters. The summed E-state index contributed by atoms with van der Waals surface area (Å²) in [5, 5.41) is 0. The number of likely N-dealkylation sites (tertiary alicyclic amines) is 1. The van der Waals surface area contributed by atoms with E-state index in [-0.39, 0.29) is 12.4 Å². The lowest BCUT2D eigenvalue weighted by atomic mass is 9.78. The Morgan fingerprint density at radius 3 is 2.71 bits per heavy atom. The van der Waals surface area contributed by atoms with Gasteiger partial charge >= 0.3 is 0 Å². The van der Waals surface area contributed by atoms with Crippen LogP contribution in [0.2, 0.25) is 0 Å². The van der Waals surface area contributed by atoms with Crippen LogP contribution in [0.4, 0.5) is 0 Å². The molecule has 1 heterocycles. The highest BCUT2D eigenvalue weighted by molar-refractivity contribution is 5.85. The van der Waals surface area contributed by atoms with Gasteiger partial charge in [0.05, 0.1) is 0 Å². The summed E-state index contributed by atoms with van der Waals surface area (Å²) in [4.78, 5) is 2.65. The Kier molecular flexibility index (Phi) is 4.58. The zero-order valence-electron chi connectivity index (χ0n) is 12.7. The standard InChI is InChI=1S/C18H26N2.ClH/c19-18-6-2-5-16-11-20(12-17(16)18)10-13-3-1-4-15(9-13)14-7-8-14;/h1,3-4,9,14,16-18H,2,5-8,10-12,19H2;1H. The fourth-order valence-electron chi connectivity index (χ4n) is 4.36. The number of benzene rings is 1. The van der Waals surface area contributed by atoms with Crippen molar-refractivity contribution in [3.05, 3.63) is 35.4 Å². The average Bonchev–Trinajstić information content (AvgIpc) is 3.21. The molecule has 2 aliphatic carbocycles. The predicted molar refractivity (Wildman–Crippen MR) is 89.7 cm³/mol. The van der Waals surface area contributed by atoms with Crippen LogP contribution in [0.15, 0.2) is 24.3 Å². The second-order valence-corrected chi connectivity index (χ2v) is 7.23. The van der Waals surface area contributed by atoms with Gasteiger partial charge in [0, 0.05) is 25.7 Å². The maximum atomic E-state index is 6.32. The largest absolute Gasteiger partial charge is 0.327 e. The van der Waals surface area contributed by atoms with Crippen LogP contribution in [0.1, 0.15) is 49.1 Å². The molecule has 1 saturated heterocycles. The van der Waals surface area contributed by atoms with Crippen molar-refractivity contribution in [2.75, 3.05) is 13.1 Å². The van der Waals surface area contributed by atoms with Gasteiger partial charge in [-0.15, -0.1) is 12.4 Å². The Balaban J connectivity index is 0.00000132. The molecule has 0 spiro atoms. The van der Waals surface area contributed by atoms with Gasteiger partial charge in [0.15, 0.2) is 0 Å². The van der Waals surface area contributed by atoms with Gasteiger partial charge in [0.1, 0.15) is 0 Å². The number of rotatable bonds is 3. The van der Waals surface area contributed by atoms with Crippen molar-refractivity contribution in [1.29, 1.82) is 0 Å². The van der Waals surface area contributed by atoms with E-state index in [0.29, 0.717) is 6.04 Å². The molecule has 0 aromatic heterocycles. The molecule has 1 aromatic rings. The van der Waals surface area contributed by atoms with Crippen LogP contribution < -0.4 is 5.73 Å². The molecule has 3 heteroatoms. The molecule has 116 valence electrons.